The van der Waals surface area contributed by atoms with E-state index in [-0.39, 0.29) is 0 Å². The highest BCUT2D eigenvalue weighted by atomic mass is 127. The second-order valence-electron chi connectivity index (χ2n) is 2.60. The summed E-state index contributed by atoms with van der Waals surface area (Å²) in [7, 11) is -6.45. The van der Waals surface area contributed by atoms with Crippen molar-refractivity contribution in [2.75, 3.05) is 0 Å². The summed E-state index contributed by atoms with van der Waals surface area (Å²) in [6.45, 7) is 0. The molecule has 0 aromatic heterocycles. The van der Waals surface area contributed by atoms with Crippen LogP contribution >= 0.6 is 21.2 Å². The van der Waals surface area contributed by atoms with Gasteiger partial charge >= 0.3 is 23.3 Å². The monoisotopic (exact) mass is 410 g/mol. The summed E-state index contributed by atoms with van der Waals surface area (Å²) in [5, 5.41) is -6.74. The molecule has 13 heteroatoms. The smallest absolute Gasteiger partial charge is 0.214 e. The Labute approximate surface area is 99.7 Å². The lowest BCUT2D eigenvalue weighted by Crippen LogP contribution is -2.64. The number of alkyl halides is 9. The zero-order valence-corrected chi connectivity index (χ0v) is 9.98. The molecule has 0 heterocycles. The standard InChI is InChI=1S/C4F9IO2S/c5-1(6,3(8,9)10)2(7,4(11,12)13)17(14,15)16. The molecule has 17 heavy (non-hydrogen) atoms. The first kappa shape index (κ1) is 17.1. The summed E-state index contributed by atoms with van der Waals surface area (Å²) < 4.78 is 129. The third-order valence-electron chi connectivity index (χ3n) is 1.46. The lowest BCUT2D eigenvalue weighted by atomic mass is 10.2. The molecule has 0 aliphatic rings. The summed E-state index contributed by atoms with van der Waals surface area (Å²) in [4.78, 5) is 0. The Bertz CT molecular complexity index is 394. The van der Waals surface area contributed by atoms with Crippen LogP contribution in [0.1, 0.15) is 0 Å². The van der Waals surface area contributed by atoms with Crippen molar-refractivity contribution in [3.63, 3.8) is 0 Å². The van der Waals surface area contributed by atoms with Gasteiger partial charge in [-0.15, -0.1) is 0 Å². The highest BCUT2D eigenvalue weighted by molar-refractivity contribution is 14.2. The van der Waals surface area contributed by atoms with E-state index in [0.29, 0.717) is 0 Å². The molecule has 1 atom stereocenters. The van der Waals surface area contributed by atoms with Crippen molar-refractivity contribution < 1.29 is 47.9 Å². The van der Waals surface area contributed by atoms with E-state index in [1.165, 1.54) is 0 Å². The molecule has 0 radical (unpaired) electrons. The van der Waals surface area contributed by atoms with Crippen molar-refractivity contribution in [2.45, 2.75) is 23.3 Å². The Kier molecular flexibility index (Phi) is 4.04. The van der Waals surface area contributed by atoms with Gasteiger partial charge in [0.05, 0.1) is 21.2 Å². The minimum atomic E-state index is -7.13. The van der Waals surface area contributed by atoms with Crippen LogP contribution in [0.25, 0.3) is 0 Å². The quantitative estimate of drug-likeness (QED) is 0.399. The van der Waals surface area contributed by atoms with Crippen LogP contribution in [0.4, 0.5) is 39.5 Å². The van der Waals surface area contributed by atoms with Gasteiger partial charge in [-0.25, -0.2) is 12.8 Å². The van der Waals surface area contributed by atoms with Crippen LogP contribution in [-0.2, 0) is 7.01 Å². The van der Waals surface area contributed by atoms with Crippen molar-refractivity contribution in [1.82, 2.24) is 0 Å². The minimum absolute atomic E-state index is 0.457. The number of halogens is 10. The maximum atomic E-state index is 12.9. The zero-order chi connectivity index (χ0) is 14.5. The van der Waals surface area contributed by atoms with Gasteiger partial charge in [-0.1, -0.05) is 0 Å². The van der Waals surface area contributed by atoms with Gasteiger partial charge in [0.25, 0.3) is 7.01 Å². The largest absolute Gasteiger partial charge is 0.458 e. The normalized spacial score (nSPS) is 18.9. The Morgan fingerprint density at radius 3 is 1.06 bits per heavy atom. The van der Waals surface area contributed by atoms with Crippen molar-refractivity contribution in [2.24, 2.45) is 0 Å². The van der Waals surface area contributed by atoms with E-state index in [9.17, 15) is 47.9 Å². The van der Waals surface area contributed by atoms with Crippen LogP contribution in [-0.4, -0.2) is 31.7 Å². The predicted molar refractivity (Wildman–Crippen MR) is 43.8 cm³/mol. The molecule has 0 saturated heterocycles. The van der Waals surface area contributed by atoms with Gasteiger partial charge in [-0.3, -0.25) is 0 Å². The molecular weight excluding hydrogens is 410 g/mol. The average Bonchev–Trinajstić information content (AvgIpc) is 1.95. The first-order valence-electron chi connectivity index (χ1n) is 3.14. The summed E-state index contributed by atoms with van der Waals surface area (Å²) in [5.41, 5.74) is 0. The van der Waals surface area contributed by atoms with E-state index in [4.69, 9.17) is 0 Å². The Balaban J connectivity index is 6.24. The highest BCUT2D eigenvalue weighted by Gasteiger charge is 2.86. The first-order valence-corrected chi connectivity index (χ1v) is 7.17. The van der Waals surface area contributed by atoms with Gasteiger partial charge in [0.2, 0.25) is 0 Å². The molecule has 0 aliphatic heterocycles. The van der Waals surface area contributed by atoms with Gasteiger partial charge in [0, 0.05) is 0 Å². The first-order chi connectivity index (χ1) is 7.00. The molecule has 104 valence electrons. The highest BCUT2D eigenvalue weighted by Crippen LogP contribution is 2.56. The molecule has 0 aliphatic carbocycles. The molecule has 2 nitrogen and oxygen atoms in total. The molecule has 0 bridgehead atoms. The number of hydrogen-bond donors (Lipinski definition) is 0. The van der Waals surface area contributed by atoms with Crippen molar-refractivity contribution >= 4 is 28.2 Å². The number of rotatable bonds is 2. The molecule has 1 unspecified atom stereocenters. The lowest BCUT2D eigenvalue weighted by Gasteiger charge is -2.33. The maximum absolute atomic E-state index is 12.9. The predicted octanol–water partition coefficient (Wildman–Crippen LogP) is 3.18. The SMILES string of the molecule is O=S(=O)(I)C(F)(C(F)(F)F)C(F)(F)C(F)(F)F. The van der Waals surface area contributed by atoms with Gasteiger partial charge in [-0.05, 0) is 0 Å². The molecule has 0 aromatic rings. The molecule has 0 rings (SSSR count). The van der Waals surface area contributed by atoms with Crippen LogP contribution < -0.4 is 0 Å². The molecule has 0 fully saturated rings. The van der Waals surface area contributed by atoms with Crippen molar-refractivity contribution in [3.05, 3.63) is 0 Å². The van der Waals surface area contributed by atoms with E-state index in [1.54, 1.807) is 0 Å². The fraction of sp³-hybridized carbons (Fsp3) is 1.00. The van der Waals surface area contributed by atoms with Crippen LogP contribution in [0, 0.1) is 0 Å². The van der Waals surface area contributed by atoms with Gasteiger partial charge in [-0.2, -0.15) is 35.1 Å². The molecule has 0 aromatic carbocycles. The lowest BCUT2D eigenvalue weighted by molar-refractivity contribution is -0.357. The third kappa shape index (κ3) is 2.44. The average molecular weight is 410 g/mol. The Hall–Kier alpha value is 0.0500. The second kappa shape index (κ2) is 4.03. The van der Waals surface area contributed by atoms with E-state index in [0.717, 1.165) is 0 Å². The van der Waals surface area contributed by atoms with E-state index in [2.05, 4.69) is 0 Å². The zero-order valence-electron chi connectivity index (χ0n) is 7.00. The second-order valence-corrected chi connectivity index (χ2v) is 7.52. The summed E-state index contributed by atoms with van der Waals surface area (Å²) in [6, 6.07) is 0. The maximum Gasteiger partial charge on any atom is 0.458 e. The Morgan fingerprint density at radius 1 is 0.706 bits per heavy atom. The van der Waals surface area contributed by atoms with Crippen LogP contribution in [0.5, 0.6) is 0 Å². The van der Waals surface area contributed by atoms with Crippen molar-refractivity contribution in [1.29, 1.82) is 0 Å². The van der Waals surface area contributed by atoms with Gasteiger partial charge in [0.15, 0.2) is 0 Å². The minimum Gasteiger partial charge on any atom is -0.214 e. The fourth-order valence-electron chi connectivity index (χ4n) is 0.652. The summed E-state index contributed by atoms with van der Waals surface area (Å²) in [6.07, 6.45) is -14.0. The number of hydrogen-bond acceptors (Lipinski definition) is 2. The molecule has 0 amide bonds. The third-order valence-corrected chi connectivity index (χ3v) is 4.44. The molecule has 0 saturated carbocycles. The molecule has 0 N–H and O–H groups in total. The van der Waals surface area contributed by atoms with Gasteiger partial charge in [0.1, 0.15) is 0 Å². The van der Waals surface area contributed by atoms with Crippen LogP contribution in [0.15, 0.2) is 0 Å². The van der Waals surface area contributed by atoms with E-state index in [1.807, 2.05) is 0 Å². The van der Waals surface area contributed by atoms with E-state index >= 15 is 0 Å². The van der Waals surface area contributed by atoms with E-state index < -0.39 is 51.5 Å². The fourth-order valence-corrected chi connectivity index (χ4v) is 2.93. The van der Waals surface area contributed by atoms with Gasteiger partial charge < -0.3 is 0 Å². The molecular formula is C4F9IO2S. The Morgan fingerprint density at radius 2 is 1.00 bits per heavy atom. The van der Waals surface area contributed by atoms with Crippen LogP contribution in [0.3, 0.4) is 0 Å². The van der Waals surface area contributed by atoms with Crippen molar-refractivity contribution in [3.8, 4) is 0 Å². The van der Waals surface area contributed by atoms with Crippen LogP contribution in [0.2, 0.25) is 0 Å². The summed E-state index contributed by atoms with van der Waals surface area (Å²) in [5.74, 6) is -7.13. The summed E-state index contributed by atoms with van der Waals surface area (Å²) >= 11 is -0.457. The topological polar surface area (TPSA) is 34.1 Å². The molecule has 0 spiro atoms.